The maximum Gasteiger partial charge on any atom is 0.311 e. The van der Waals surface area contributed by atoms with E-state index in [2.05, 4.69) is 15.6 Å². The van der Waals surface area contributed by atoms with Gasteiger partial charge in [0, 0.05) is 42.5 Å². The molecule has 0 bridgehead atoms. The Morgan fingerprint density at radius 3 is 2.78 bits per heavy atom. The summed E-state index contributed by atoms with van der Waals surface area (Å²) in [4.78, 5) is 14.4. The number of hydrogen-bond acceptors (Lipinski definition) is 6. The van der Waals surface area contributed by atoms with E-state index in [4.69, 9.17) is 0 Å². The second kappa shape index (κ2) is 6.90. The molecule has 1 unspecified atom stereocenters. The number of pyridine rings is 1. The molecule has 1 atom stereocenters. The van der Waals surface area contributed by atoms with Crippen molar-refractivity contribution >= 4 is 28.1 Å². The quantitative estimate of drug-likeness (QED) is 0.440. The Hall–Kier alpha value is -1.70. The zero-order valence-corrected chi connectivity index (χ0v) is 11.1. The second-order valence-corrected chi connectivity index (χ2v) is 5.18. The number of anilines is 2. The van der Waals surface area contributed by atoms with E-state index >= 15 is 0 Å². The van der Waals surface area contributed by atoms with Crippen molar-refractivity contribution in [2.45, 2.75) is 6.42 Å². The summed E-state index contributed by atoms with van der Waals surface area (Å²) in [6.45, 7) is 0.501. The largest absolute Gasteiger partial charge is 0.373 e. The van der Waals surface area contributed by atoms with E-state index in [1.165, 1.54) is 6.07 Å². The van der Waals surface area contributed by atoms with Crippen molar-refractivity contribution in [3.05, 3.63) is 22.2 Å². The van der Waals surface area contributed by atoms with Crippen molar-refractivity contribution in [3.8, 4) is 0 Å². The van der Waals surface area contributed by atoms with Crippen LogP contribution in [0.5, 0.6) is 0 Å². The van der Waals surface area contributed by atoms with Gasteiger partial charge in [-0.1, -0.05) is 0 Å². The molecule has 0 aliphatic rings. The highest BCUT2D eigenvalue weighted by molar-refractivity contribution is 7.84. The molecule has 0 amide bonds. The van der Waals surface area contributed by atoms with Crippen LogP contribution in [0.15, 0.2) is 12.1 Å². The van der Waals surface area contributed by atoms with Crippen LogP contribution in [-0.4, -0.2) is 39.7 Å². The Morgan fingerprint density at radius 1 is 1.50 bits per heavy atom. The summed E-state index contributed by atoms with van der Waals surface area (Å²) < 4.78 is 10.9. The van der Waals surface area contributed by atoms with Gasteiger partial charge < -0.3 is 10.6 Å². The third-order valence-corrected chi connectivity index (χ3v) is 3.09. The molecular formula is C10H16N4O3S. The highest BCUT2D eigenvalue weighted by Crippen LogP contribution is 2.23. The van der Waals surface area contributed by atoms with Gasteiger partial charge in [-0.25, -0.2) is 4.98 Å². The molecule has 1 aromatic rings. The molecule has 1 rings (SSSR count). The minimum absolute atomic E-state index is 0.0633. The smallest absolute Gasteiger partial charge is 0.311 e. The monoisotopic (exact) mass is 272 g/mol. The number of hydrogen-bond donors (Lipinski definition) is 2. The molecule has 2 N–H and O–H groups in total. The predicted octanol–water partition coefficient (Wildman–Crippen LogP) is 1.21. The lowest BCUT2D eigenvalue weighted by Crippen LogP contribution is -2.09. The SMILES string of the molecule is CNc1ccc([N+](=O)[O-])c(NCCCS(C)=O)n1. The Bertz CT molecular complexity index is 453. The Labute approximate surface area is 108 Å². The number of aromatic nitrogens is 1. The lowest BCUT2D eigenvalue weighted by atomic mass is 10.3. The van der Waals surface area contributed by atoms with Crippen molar-refractivity contribution in [2.24, 2.45) is 0 Å². The molecule has 1 heterocycles. The van der Waals surface area contributed by atoms with Gasteiger partial charge in [-0.05, 0) is 12.5 Å². The Balaban J connectivity index is 2.71. The van der Waals surface area contributed by atoms with E-state index in [1.54, 1.807) is 19.4 Å². The van der Waals surface area contributed by atoms with Crippen LogP contribution in [0.1, 0.15) is 6.42 Å². The van der Waals surface area contributed by atoms with E-state index in [1.807, 2.05) is 0 Å². The number of rotatable bonds is 7. The average Bonchev–Trinajstić information content (AvgIpc) is 2.33. The van der Waals surface area contributed by atoms with E-state index in [0.717, 1.165) is 0 Å². The molecule has 1 aromatic heterocycles. The summed E-state index contributed by atoms with van der Waals surface area (Å²) in [6, 6.07) is 2.95. The topological polar surface area (TPSA) is 97.2 Å². The third-order valence-electron chi connectivity index (χ3n) is 2.23. The molecule has 0 aliphatic heterocycles. The van der Waals surface area contributed by atoms with E-state index in [-0.39, 0.29) is 11.5 Å². The van der Waals surface area contributed by atoms with E-state index in [0.29, 0.717) is 24.5 Å². The van der Waals surface area contributed by atoms with E-state index < -0.39 is 15.7 Å². The van der Waals surface area contributed by atoms with Gasteiger partial charge in [-0.3, -0.25) is 14.3 Å². The number of nitro groups is 1. The Morgan fingerprint density at radius 2 is 2.22 bits per heavy atom. The van der Waals surface area contributed by atoms with Crippen LogP contribution in [0, 0.1) is 10.1 Å². The lowest BCUT2D eigenvalue weighted by molar-refractivity contribution is -0.384. The van der Waals surface area contributed by atoms with Gasteiger partial charge in [0.15, 0.2) is 0 Å². The molecule has 0 aliphatic carbocycles. The summed E-state index contributed by atoms with van der Waals surface area (Å²) in [5.41, 5.74) is -0.0633. The molecule has 0 spiro atoms. The van der Waals surface area contributed by atoms with Crippen LogP contribution >= 0.6 is 0 Å². The molecule has 18 heavy (non-hydrogen) atoms. The van der Waals surface area contributed by atoms with Crippen molar-refractivity contribution in [1.82, 2.24) is 4.98 Å². The minimum atomic E-state index is -0.850. The summed E-state index contributed by atoms with van der Waals surface area (Å²) in [6.07, 6.45) is 2.30. The minimum Gasteiger partial charge on any atom is -0.373 e. The molecular weight excluding hydrogens is 256 g/mol. The molecule has 0 fully saturated rings. The standard InChI is InChI=1S/C10H16N4O3S/c1-11-9-5-4-8(14(15)16)10(13-9)12-6-3-7-18(2)17/h4-5H,3,6-7H2,1-2H3,(H2,11,12,13). The summed E-state index contributed by atoms with van der Waals surface area (Å²) in [5.74, 6) is 1.35. The van der Waals surface area contributed by atoms with Crippen LogP contribution in [0.2, 0.25) is 0 Å². The fourth-order valence-corrected chi connectivity index (χ4v) is 1.90. The normalized spacial score (nSPS) is 11.9. The summed E-state index contributed by atoms with van der Waals surface area (Å²) in [7, 11) is 0.842. The van der Waals surface area contributed by atoms with Crippen LogP contribution in [0.3, 0.4) is 0 Å². The first-order valence-corrected chi connectivity index (χ1v) is 7.14. The number of nitrogens with zero attached hydrogens (tertiary/aromatic N) is 2. The maximum atomic E-state index is 10.9. The van der Waals surface area contributed by atoms with E-state index in [9.17, 15) is 14.3 Å². The molecule has 100 valence electrons. The fraction of sp³-hybridized carbons (Fsp3) is 0.500. The van der Waals surface area contributed by atoms with Gasteiger partial charge in [-0.15, -0.1) is 0 Å². The van der Waals surface area contributed by atoms with Crippen molar-refractivity contribution in [3.63, 3.8) is 0 Å². The first-order chi connectivity index (χ1) is 8.54. The molecule has 0 saturated heterocycles. The number of nitrogens with one attached hydrogen (secondary N) is 2. The molecule has 0 aromatic carbocycles. The highest BCUT2D eigenvalue weighted by atomic mass is 32.2. The second-order valence-electron chi connectivity index (χ2n) is 3.63. The first-order valence-electron chi connectivity index (χ1n) is 5.41. The van der Waals surface area contributed by atoms with Gasteiger partial charge in [0.1, 0.15) is 5.82 Å². The Kier molecular flexibility index (Phi) is 5.50. The predicted molar refractivity (Wildman–Crippen MR) is 72.5 cm³/mol. The van der Waals surface area contributed by atoms with Crippen molar-refractivity contribution in [2.75, 3.05) is 36.2 Å². The molecule has 7 nitrogen and oxygen atoms in total. The van der Waals surface area contributed by atoms with Crippen LogP contribution < -0.4 is 10.6 Å². The average molecular weight is 272 g/mol. The maximum absolute atomic E-state index is 10.9. The van der Waals surface area contributed by atoms with Crippen LogP contribution in [-0.2, 0) is 10.8 Å². The van der Waals surface area contributed by atoms with Crippen LogP contribution in [0.4, 0.5) is 17.3 Å². The fourth-order valence-electron chi connectivity index (χ4n) is 1.35. The molecule has 0 radical (unpaired) electrons. The van der Waals surface area contributed by atoms with Gasteiger partial charge in [0.2, 0.25) is 5.82 Å². The molecule has 0 saturated carbocycles. The summed E-state index contributed by atoms with van der Waals surface area (Å²) >= 11 is 0. The van der Waals surface area contributed by atoms with Crippen molar-refractivity contribution < 1.29 is 9.13 Å². The molecule has 8 heteroatoms. The van der Waals surface area contributed by atoms with Gasteiger partial charge in [0.25, 0.3) is 0 Å². The third kappa shape index (κ3) is 4.28. The zero-order chi connectivity index (χ0) is 13.5. The summed E-state index contributed by atoms with van der Waals surface area (Å²) in [5, 5.41) is 16.5. The van der Waals surface area contributed by atoms with Gasteiger partial charge >= 0.3 is 5.69 Å². The van der Waals surface area contributed by atoms with Gasteiger partial charge in [0.05, 0.1) is 4.92 Å². The highest BCUT2D eigenvalue weighted by Gasteiger charge is 2.15. The first kappa shape index (κ1) is 14.4. The van der Waals surface area contributed by atoms with Gasteiger partial charge in [-0.2, -0.15) is 0 Å². The zero-order valence-electron chi connectivity index (χ0n) is 10.3. The van der Waals surface area contributed by atoms with Crippen LogP contribution in [0.25, 0.3) is 0 Å². The van der Waals surface area contributed by atoms with Crippen molar-refractivity contribution in [1.29, 1.82) is 0 Å². The lowest BCUT2D eigenvalue weighted by Gasteiger charge is -2.07.